The number of imidazole rings is 1. The van der Waals surface area contributed by atoms with E-state index in [1.54, 1.807) is 23.4 Å². The summed E-state index contributed by atoms with van der Waals surface area (Å²) in [6, 6.07) is 12.1. The van der Waals surface area contributed by atoms with Gasteiger partial charge in [-0.1, -0.05) is 24.6 Å². The number of carbonyl (C=O) groups excluding carboxylic acids is 1. The van der Waals surface area contributed by atoms with E-state index in [2.05, 4.69) is 15.3 Å². The van der Waals surface area contributed by atoms with Crippen molar-refractivity contribution < 1.29 is 13.2 Å². The number of para-hydroxylation sites is 2. The summed E-state index contributed by atoms with van der Waals surface area (Å²) in [7, 11) is -3.65. The number of benzene rings is 2. The van der Waals surface area contributed by atoms with E-state index in [1.807, 2.05) is 31.2 Å². The normalized spacial score (nSPS) is 18.1. The van der Waals surface area contributed by atoms with Crippen molar-refractivity contribution in [1.82, 2.24) is 14.3 Å². The Bertz CT molecular complexity index is 1140. The summed E-state index contributed by atoms with van der Waals surface area (Å²) in [6.07, 6.45) is 2.74. The standard InChI is InChI=1S/C21H24N4O3S/c1-14-10-11-16(29(27,28)25-12-6-5-7-15(25)2)13-17(14)20(26)24-21-22-18-8-3-4-9-19(18)23-21/h3-4,8-11,13,15H,5-7,12H2,1-2H3,(H2,22,23,24,26). The molecule has 1 fully saturated rings. The third-order valence-corrected chi connectivity index (χ3v) is 7.43. The predicted molar refractivity (Wildman–Crippen MR) is 112 cm³/mol. The molecule has 8 heteroatoms. The van der Waals surface area contributed by atoms with Crippen molar-refractivity contribution in [2.75, 3.05) is 11.9 Å². The van der Waals surface area contributed by atoms with Crippen LogP contribution >= 0.6 is 0 Å². The fourth-order valence-electron chi connectivity index (χ4n) is 3.76. The number of hydrogen-bond donors (Lipinski definition) is 2. The Morgan fingerprint density at radius 1 is 1.21 bits per heavy atom. The lowest BCUT2D eigenvalue weighted by Gasteiger charge is -2.32. The molecule has 2 N–H and O–H groups in total. The number of aryl methyl sites for hydroxylation is 1. The van der Waals surface area contributed by atoms with E-state index in [0.717, 1.165) is 30.3 Å². The lowest BCUT2D eigenvalue weighted by molar-refractivity contribution is 0.102. The van der Waals surface area contributed by atoms with Gasteiger partial charge in [0, 0.05) is 18.2 Å². The Morgan fingerprint density at radius 3 is 2.76 bits per heavy atom. The van der Waals surface area contributed by atoms with Crippen LogP contribution in [0.1, 0.15) is 42.1 Å². The van der Waals surface area contributed by atoms with Gasteiger partial charge in [0.1, 0.15) is 0 Å². The quantitative estimate of drug-likeness (QED) is 0.683. The first-order chi connectivity index (χ1) is 13.9. The minimum atomic E-state index is -3.65. The number of hydrogen-bond acceptors (Lipinski definition) is 4. The number of nitrogens with zero attached hydrogens (tertiary/aromatic N) is 2. The summed E-state index contributed by atoms with van der Waals surface area (Å²) < 4.78 is 27.8. The van der Waals surface area contributed by atoms with Gasteiger partial charge in [-0.3, -0.25) is 10.1 Å². The summed E-state index contributed by atoms with van der Waals surface area (Å²) in [5.41, 5.74) is 2.57. The lowest BCUT2D eigenvalue weighted by atomic mass is 10.1. The number of sulfonamides is 1. The highest BCUT2D eigenvalue weighted by molar-refractivity contribution is 7.89. The molecule has 3 aromatic rings. The molecule has 0 bridgehead atoms. The molecular weight excluding hydrogens is 388 g/mol. The third kappa shape index (κ3) is 3.77. The molecule has 152 valence electrons. The monoisotopic (exact) mass is 412 g/mol. The van der Waals surface area contributed by atoms with Crippen molar-refractivity contribution in [3.8, 4) is 0 Å². The zero-order valence-corrected chi connectivity index (χ0v) is 17.3. The molecule has 7 nitrogen and oxygen atoms in total. The van der Waals surface area contributed by atoms with E-state index in [0.29, 0.717) is 23.6 Å². The molecule has 2 heterocycles. The van der Waals surface area contributed by atoms with Gasteiger partial charge in [0.15, 0.2) is 0 Å². The second-order valence-corrected chi connectivity index (χ2v) is 9.38. The van der Waals surface area contributed by atoms with Crippen molar-refractivity contribution in [3.63, 3.8) is 0 Å². The Balaban J connectivity index is 1.63. The van der Waals surface area contributed by atoms with Crippen LogP contribution in [0, 0.1) is 6.92 Å². The van der Waals surface area contributed by atoms with Gasteiger partial charge in [-0.2, -0.15) is 4.31 Å². The highest BCUT2D eigenvalue weighted by atomic mass is 32.2. The second kappa shape index (κ2) is 7.61. The van der Waals surface area contributed by atoms with E-state index >= 15 is 0 Å². The molecule has 0 spiro atoms. The van der Waals surface area contributed by atoms with Gasteiger partial charge in [-0.05, 0) is 56.5 Å². The largest absolute Gasteiger partial charge is 0.324 e. The van der Waals surface area contributed by atoms with Crippen molar-refractivity contribution in [3.05, 3.63) is 53.6 Å². The average Bonchev–Trinajstić information content (AvgIpc) is 3.10. The maximum atomic E-state index is 13.1. The Morgan fingerprint density at radius 2 is 2.00 bits per heavy atom. The molecule has 0 aliphatic carbocycles. The van der Waals surface area contributed by atoms with Gasteiger partial charge in [0.05, 0.1) is 15.9 Å². The predicted octanol–water partition coefficient (Wildman–Crippen LogP) is 3.69. The highest BCUT2D eigenvalue weighted by Crippen LogP contribution is 2.26. The molecular formula is C21H24N4O3S. The number of rotatable bonds is 4. The van der Waals surface area contributed by atoms with Crippen LogP contribution in [0.4, 0.5) is 5.95 Å². The summed E-state index contributed by atoms with van der Waals surface area (Å²) >= 11 is 0. The minimum absolute atomic E-state index is 0.0390. The maximum absolute atomic E-state index is 13.1. The van der Waals surface area contributed by atoms with Gasteiger partial charge in [0.2, 0.25) is 16.0 Å². The number of aromatic nitrogens is 2. The zero-order valence-electron chi connectivity index (χ0n) is 16.5. The molecule has 29 heavy (non-hydrogen) atoms. The number of nitrogens with one attached hydrogen (secondary N) is 2. The number of anilines is 1. The smallest absolute Gasteiger partial charge is 0.258 e. The zero-order chi connectivity index (χ0) is 20.6. The molecule has 1 aliphatic rings. The van der Waals surface area contributed by atoms with Crippen LogP contribution in [0.25, 0.3) is 11.0 Å². The first-order valence-electron chi connectivity index (χ1n) is 9.75. The highest BCUT2D eigenvalue weighted by Gasteiger charge is 2.31. The minimum Gasteiger partial charge on any atom is -0.324 e. The maximum Gasteiger partial charge on any atom is 0.258 e. The summed E-state index contributed by atoms with van der Waals surface area (Å²) in [4.78, 5) is 20.4. The third-order valence-electron chi connectivity index (χ3n) is 5.42. The van der Waals surface area contributed by atoms with Crippen LogP contribution in [0.15, 0.2) is 47.4 Å². The van der Waals surface area contributed by atoms with Crippen LogP contribution in [-0.2, 0) is 10.0 Å². The number of H-pyrrole nitrogens is 1. The molecule has 4 rings (SSSR count). The number of aromatic amines is 1. The molecule has 1 atom stereocenters. The van der Waals surface area contributed by atoms with E-state index in [-0.39, 0.29) is 10.9 Å². The fraction of sp³-hybridized carbons (Fsp3) is 0.333. The molecule has 0 radical (unpaired) electrons. The van der Waals surface area contributed by atoms with Gasteiger partial charge in [-0.15, -0.1) is 0 Å². The summed E-state index contributed by atoms with van der Waals surface area (Å²) in [5.74, 6) is -0.0705. The van der Waals surface area contributed by atoms with Gasteiger partial charge < -0.3 is 4.98 Å². The Labute approximate surface area is 170 Å². The topological polar surface area (TPSA) is 95.2 Å². The summed E-state index contributed by atoms with van der Waals surface area (Å²) in [6.45, 7) is 4.23. The van der Waals surface area contributed by atoms with Crippen LogP contribution in [0.3, 0.4) is 0 Å². The van der Waals surface area contributed by atoms with Crippen LogP contribution in [0.5, 0.6) is 0 Å². The van der Waals surface area contributed by atoms with Crippen LogP contribution < -0.4 is 5.32 Å². The summed E-state index contributed by atoms with van der Waals surface area (Å²) in [5, 5.41) is 2.74. The average molecular weight is 413 g/mol. The van der Waals surface area contributed by atoms with Gasteiger partial charge in [-0.25, -0.2) is 13.4 Å². The first kappa shape index (κ1) is 19.6. The lowest BCUT2D eigenvalue weighted by Crippen LogP contribution is -2.42. The van der Waals surface area contributed by atoms with Crippen LogP contribution in [-0.4, -0.2) is 41.2 Å². The molecule has 0 saturated carbocycles. The van der Waals surface area contributed by atoms with Crippen molar-refractivity contribution in [2.24, 2.45) is 0 Å². The molecule has 1 unspecified atom stereocenters. The van der Waals surface area contributed by atoms with E-state index in [4.69, 9.17) is 0 Å². The van der Waals surface area contributed by atoms with E-state index < -0.39 is 15.9 Å². The molecule has 1 aromatic heterocycles. The Hall–Kier alpha value is -2.71. The Kier molecular flexibility index (Phi) is 5.14. The number of amides is 1. The number of piperidine rings is 1. The first-order valence-corrected chi connectivity index (χ1v) is 11.2. The molecule has 2 aromatic carbocycles. The van der Waals surface area contributed by atoms with E-state index in [1.165, 1.54) is 6.07 Å². The van der Waals surface area contributed by atoms with Crippen molar-refractivity contribution >= 4 is 32.9 Å². The van der Waals surface area contributed by atoms with Gasteiger partial charge in [0.25, 0.3) is 5.91 Å². The SMILES string of the molecule is Cc1ccc(S(=O)(=O)N2CCCCC2C)cc1C(=O)Nc1nc2ccccc2[nH]1. The van der Waals surface area contributed by atoms with Crippen molar-refractivity contribution in [2.45, 2.75) is 44.0 Å². The van der Waals surface area contributed by atoms with Gasteiger partial charge >= 0.3 is 0 Å². The van der Waals surface area contributed by atoms with Crippen LogP contribution in [0.2, 0.25) is 0 Å². The fourth-order valence-corrected chi connectivity index (χ4v) is 5.48. The molecule has 1 amide bonds. The number of fused-ring (bicyclic) bond motifs is 1. The second-order valence-electron chi connectivity index (χ2n) is 7.49. The van der Waals surface area contributed by atoms with E-state index in [9.17, 15) is 13.2 Å². The van der Waals surface area contributed by atoms with Crippen molar-refractivity contribution in [1.29, 1.82) is 0 Å². The number of carbonyl (C=O) groups is 1. The molecule has 1 saturated heterocycles. The molecule has 1 aliphatic heterocycles.